The van der Waals surface area contributed by atoms with Gasteiger partial charge in [0.05, 0.1) is 0 Å². The molecular formula is C19H18N2O4. The zero-order valence-corrected chi connectivity index (χ0v) is 13.7. The van der Waals surface area contributed by atoms with Crippen molar-refractivity contribution in [1.82, 2.24) is 10.6 Å². The summed E-state index contributed by atoms with van der Waals surface area (Å²) in [5, 5.41) is 4.62. The molecule has 1 atom stereocenters. The van der Waals surface area contributed by atoms with Crippen LogP contribution in [0.4, 0.5) is 4.79 Å². The van der Waals surface area contributed by atoms with Gasteiger partial charge in [-0.3, -0.25) is 10.1 Å². The Balaban J connectivity index is 1.69. The fourth-order valence-corrected chi connectivity index (χ4v) is 2.48. The average molecular weight is 338 g/mol. The lowest BCUT2D eigenvalue weighted by Gasteiger charge is -2.16. The second-order valence-electron chi connectivity index (χ2n) is 5.48. The molecule has 3 amide bonds. The maximum absolute atomic E-state index is 11.6. The topological polar surface area (TPSA) is 76.7 Å². The van der Waals surface area contributed by atoms with Gasteiger partial charge in [-0.05, 0) is 29.3 Å². The summed E-state index contributed by atoms with van der Waals surface area (Å²) in [6.07, 6.45) is 1.42. The van der Waals surface area contributed by atoms with E-state index in [0.717, 1.165) is 11.1 Å². The summed E-state index contributed by atoms with van der Waals surface area (Å²) in [6.45, 7) is 0.359. The SMILES string of the molecule is COC(COc1cccc(C=C2NC(=O)NC2=O)c1)c1ccccc1. The number of urea groups is 1. The van der Waals surface area contributed by atoms with E-state index in [1.54, 1.807) is 19.3 Å². The van der Waals surface area contributed by atoms with Crippen LogP contribution in [0.15, 0.2) is 60.3 Å². The number of ether oxygens (including phenoxy) is 2. The van der Waals surface area contributed by atoms with E-state index in [4.69, 9.17) is 9.47 Å². The van der Waals surface area contributed by atoms with Crippen molar-refractivity contribution in [3.63, 3.8) is 0 Å². The summed E-state index contributed by atoms with van der Waals surface area (Å²) < 4.78 is 11.3. The van der Waals surface area contributed by atoms with Crippen molar-refractivity contribution in [2.75, 3.05) is 13.7 Å². The summed E-state index contributed by atoms with van der Waals surface area (Å²) in [7, 11) is 1.64. The Hall–Kier alpha value is -3.12. The minimum Gasteiger partial charge on any atom is -0.490 e. The van der Waals surface area contributed by atoms with Crippen LogP contribution in [0.2, 0.25) is 0 Å². The Morgan fingerprint density at radius 3 is 2.52 bits per heavy atom. The van der Waals surface area contributed by atoms with Crippen LogP contribution in [0.25, 0.3) is 6.08 Å². The van der Waals surface area contributed by atoms with Gasteiger partial charge in [-0.15, -0.1) is 0 Å². The highest BCUT2D eigenvalue weighted by Crippen LogP contribution is 2.21. The Labute approximate surface area is 145 Å². The first-order valence-corrected chi connectivity index (χ1v) is 7.80. The van der Waals surface area contributed by atoms with Crippen molar-refractivity contribution in [1.29, 1.82) is 0 Å². The van der Waals surface area contributed by atoms with E-state index >= 15 is 0 Å². The quantitative estimate of drug-likeness (QED) is 0.627. The van der Waals surface area contributed by atoms with Gasteiger partial charge in [0.1, 0.15) is 24.2 Å². The summed E-state index contributed by atoms with van der Waals surface area (Å²) in [4.78, 5) is 22.7. The summed E-state index contributed by atoms with van der Waals surface area (Å²) in [5.74, 6) is 0.205. The first-order valence-electron chi connectivity index (χ1n) is 7.80. The number of rotatable bonds is 6. The third-order valence-corrected chi connectivity index (χ3v) is 3.75. The lowest BCUT2D eigenvalue weighted by molar-refractivity contribution is -0.115. The van der Waals surface area contributed by atoms with Gasteiger partial charge in [0.25, 0.3) is 5.91 Å². The van der Waals surface area contributed by atoms with Crippen LogP contribution in [0, 0.1) is 0 Å². The van der Waals surface area contributed by atoms with E-state index in [2.05, 4.69) is 10.6 Å². The van der Waals surface area contributed by atoms with Gasteiger partial charge in [0.2, 0.25) is 0 Å². The molecule has 1 unspecified atom stereocenters. The Kier molecular flexibility index (Phi) is 5.11. The van der Waals surface area contributed by atoms with E-state index in [1.807, 2.05) is 48.5 Å². The number of methoxy groups -OCH3 is 1. The summed E-state index contributed by atoms with van der Waals surface area (Å²) >= 11 is 0. The van der Waals surface area contributed by atoms with Crippen molar-refractivity contribution in [2.24, 2.45) is 0 Å². The number of hydrogen-bond acceptors (Lipinski definition) is 4. The molecule has 0 aromatic heterocycles. The van der Waals surface area contributed by atoms with Crippen LogP contribution in [0.1, 0.15) is 17.2 Å². The molecule has 2 aromatic rings. The number of imide groups is 1. The van der Waals surface area contributed by atoms with E-state index < -0.39 is 11.9 Å². The molecule has 0 radical (unpaired) electrons. The van der Waals surface area contributed by atoms with Crippen molar-refractivity contribution < 1.29 is 19.1 Å². The summed E-state index contributed by atoms with van der Waals surface area (Å²) in [5.41, 5.74) is 1.99. The number of benzene rings is 2. The molecule has 1 saturated heterocycles. The van der Waals surface area contributed by atoms with E-state index in [1.165, 1.54) is 0 Å². The minimum atomic E-state index is -0.519. The molecule has 25 heavy (non-hydrogen) atoms. The fourth-order valence-electron chi connectivity index (χ4n) is 2.48. The molecule has 1 aliphatic heterocycles. The molecule has 0 spiro atoms. The van der Waals surface area contributed by atoms with Gasteiger partial charge in [0, 0.05) is 7.11 Å². The van der Waals surface area contributed by atoms with Gasteiger partial charge in [-0.25, -0.2) is 4.79 Å². The molecule has 2 aromatic carbocycles. The van der Waals surface area contributed by atoms with Crippen LogP contribution < -0.4 is 15.4 Å². The Morgan fingerprint density at radius 1 is 1.04 bits per heavy atom. The zero-order valence-electron chi connectivity index (χ0n) is 13.7. The molecule has 0 bridgehead atoms. The molecule has 3 rings (SSSR count). The fraction of sp³-hybridized carbons (Fsp3) is 0.158. The smallest absolute Gasteiger partial charge is 0.326 e. The number of hydrogen-bond donors (Lipinski definition) is 2. The van der Waals surface area contributed by atoms with Crippen LogP contribution in [-0.4, -0.2) is 25.7 Å². The first kappa shape index (κ1) is 16.7. The number of carbonyl (C=O) groups excluding carboxylic acids is 2. The highest BCUT2D eigenvalue weighted by atomic mass is 16.5. The number of nitrogens with one attached hydrogen (secondary N) is 2. The number of carbonyl (C=O) groups is 2. The largest absolute Gasteiger partial charge is 0.490 e. The maximum Gasteiger partial charge on any atom is 0.326 e. The predicted molar refractivity (Wildman–Crippen MR) is 92.8 cm³/mol. The first-order chi connectivity index (χ1) is 12.2. The van der Waals surface area contributed by atoms with Crippen LogP contribution >= 0.6 is 0 Å². The van der Waals surface area contributed by atoms with Crippen LogP contribution in [0.5, 0.6) is 5.75 Å². The zero-order chi connectivity index (χ0) is 17.6. The van der Waals surface area contributed by atoms with Gasteiger partial charge >= 0.3 is 6.03 Å². The second-order valence-corrected chi connectivity index (χ2v) is 5.48. The molecule has 6 heteroatoms. The minimum absolute atomic E-state index is 0.178. The molecule has 1 aliphatic rings. The third kappa shape index (κ3) is 4.24. The highest BCUT2D eigenvalue weighted by Gasteiger charge is 2.22. The third-order valence-electron chi connectivity index (χ3n) is 3.75. The standard InChI is InChI=1S/C19H18N2O4/c1-24-17(14-7-3-2-4-8-14)12-25-15-9-5-6-13(10-15)11-16-18(22)21-19(23)20-16/h2-11,17H,12H2,1H3,(H2,20,21,22,23). The summed E-state index contributed by atoms with van der Waals surface area (Å²) in [6, 6.07) is 16.6. The van der Waals surface area contributed by atoms with Crippen molar-refractivity contribution in [2.45, 2.75) is 6.10 Å². The number of amides is 3. The van der Waals surface area contributed by atoms with Gasteiger partial charge < -0.3 is 14.8 Å². The van der Waals surface area contributed by atoms with E-state index in [9.17, 15) is 9.59 Å². The van der Waals surface area contributed by atoms with Crippen molar-refractivity contribution >= 4 is 18.0 Å². The second kappa shape index (κ2) is 7.63. The van der Waals surface area contributed by atoms with Gasteiger partial charge in [-0.1, -0.05) is 42.5 Å². The lowest BCUT2D eigenvalue weighted by atomic mass is 10.1. The lowest BCUT2D eigenvalue weighted by Crippen LogP contribution is -2.22. The Bertz CT molecular complexity index is 802. The van der Waals surface area contributed by atoms with Crippen LogP contribution in [-0.2, 0) is 9.53 Å². The predicted octanol–water partition coefficient (Wildman–Crippen LogP) is 2.63. The molecule has 6 nitrogen and oxygen atoms in total. The molecule has 128 valence electrons. The molecule has 0 saturated carbocycles. The van der Waals surface area contributed by atoms with E-state index in [-0.39, 0.29) is 11.8 Å². The van der Waals surface area contributed by atoms with Crippen molar-refractivity contribution in [3.8, 4) is 5.75 Å². The molecule has 0 aliphatic carbocycles. The molecular weight excluding hydrogens is 320 g/mol. The monoisotopic (exact) mass is 338 g/mol. The highest BCUT2D eigenvalue weighted by molar-refractivity contribution is 6.13. The van der Waals surface area contributed by atoms with Crippen LogP contribution in [0.3, 0.4) is 0 Å². The van der Waals surface area contributed by atoms with Gasteiger partial charge in [-0.2, -0.15) is 0 Å². The van der Waals surface area contributed by atoms with Gasteiger partial charge in [0.15, 0.2) is 0 Å². The normalized spacial score (nSPS) is 16.4. The molecule has 2 N–H and O–H groups in total. The Morgan fingerprint density at radius 2 is 1.84 bits per heavy atom. The van der Waals surface area contributed by atoms with E-state index in [0.29, 0.717) is 12.4 Å². The maximum atomic E-state index is 11.6. The molecule has 1 fully saturated rings. The molecule has 1 heterocycles. The average Bonchev–Trinajstić information content (AvgIpc) is 2.94. The van der Waals surface area contributed by atoms with Crippen molar-refractivity contribution in [3.05, 3.63) is 71.4 Å².